The van der Waals surface area contributed by atoms with E-state index in [9.17, 15) is 9.59 Å². The van der Waals surface area contributed by atoms with Gasteiger partial charge in [0.05, 0.1) is 0 Å². The molecule has 4 nitrogen and oxygen atoms in total. The van der Waals surface area contributed by atoms with Gasteiger partial charge in [0.15, 0.2) is 0 Å². The first kappa shape index (κ1) is 15.2. The minimum atomic E-state index is -0.218. The van der Waals surface area contributed by atoms with Gasteiger partial charge in [0.1, 0.15) is 12.1 Å². The van der Waals surface area contributed by atoms with Crippen molar-refractivity contribution in [1.82, 2.24) is 9.80 Å². The predicted octanol–water partition coefficient (Wildman–Crippen LogP) is 2.27. The Morgan fingerprint density at radius 3 is 2.57 bits per heavy atom. The van der Waals surface area contributed by atoms with Crippen LogP contribution in [0.4, 0.5) is 0 Å². The molecule has 2 aliphatic heterocycles. The van der Waals surface area contributed by atoms with Gasteiger partial charge < -0.3 is 9.80 Å². The van der Waals surface area contributed by atoms with Crippen LogP contribution in [0.15, 0.2) is 0 Å². The topological polar surface area (TPSA) is 40.6 Å². The molecule has 0 aromatic carbocycles. The van der Waals surface area contributed by atoms with Gasteiger partial charge in [-0.3, -0.25) is 9.59 Å². The fourth-order valence-electron chi connectivity index (χ4n) is 4.36. The highest BCUT2D eigenvalue weighted by molar-refractivity contribution is 7.99. The smallest absolute Gasteiger partial charge is 0.246 e. The molecule has 3 rings (SSSR count). The second-order valence-electron chi connectivity index (χ2n) is 6.49. The van der Waals surface area contributed by atoms with E-state index in [1.54, 1.807) is 0 Å². The van der Waals surface area contributed by atoms with Crippen LogP contribution in [0, 0.1) is 0 Å². The number of rotatable bonds is 3. The molecule has 0 bridgehead atoms. The highest BCUT2D eigenvalue weighted by atomic mass is 32.2. The van der Waals surface area contributed by atoms with Crippen molar-refractivity contribution in [2.45, 2.75) is 75.2 Å². The molecule has 2 amide bonds. The Bertz CT molecular complexity index is 429. The molecular formula is C16H26N2O2S. The van der Waals surface area contributed by atoms with Gasteiger partial charge in [-0.05, 0) is 38.4 Å². The maximum Gasteiger partial charge on any atom is 0.246 e. The first-order valence-corrected chi connectivity index (χ1v) is 9.63. The van der Waals surface area contributed by atoms with Crippen LogP contribution in [0.5, 0.6) is 0 Å². The SMILES string of the molecule is CCC1C(=O)N2CCCC2C(=O)N1C1CCCCC1SC. The summed E-state index contributed by atoms with van der Waals surface area (Å²) >= 11 is 1.87. The Balaban J connectivity index is 1.90. The van der Waals surface area contributed by atoms with Crippen molar-refractivity contribution in [1.29, 1.82) is 0 Å². The summed E-state index contributed by atoms with van der Waals surface area (Å²) in [5.41, 5.74) is 0. The van der Waals surface area contributed by atoms with Crippen LogP contribution >= 0.6 is 11.8 Å². The monoisotopic (exact) mass is 310 g/mol. The third kappa shape index (κ3) is 2.47. The number of hydrogen-bond donors (Lipinski definition) is 0. The van der Waals surface area contributed by atoms with Crippen molar-refractivity contribution in [2.24, 2.45) is 0 Å². The lowest BCUT2D eigenvalue weighted by Crippen LogP contribution is -2.66. The zero-order valence-corrected chi connectivity index (χ0v) is 13.9. The molecule has 4 unspecified atom stereocenters. The van der Waals surface area contributed by atoms with Crippen molar-refractivity contribution in [2.75, 3.05) is 12.8 Å². The highest BCUT2D eigenvalue weighted by Gasteiger charge is 2.50. The van der Waals surface area contributed by atoms with Crippen LogP contribution in [-0.2, 0) is 9.59 Å². The zero-order chi connectivity index (χ0) is 15.0. The molecule has 3 aliphatic rings. The van der Waals surface area contributed by atoms with E-state index in [0.717, 1.165) is 32.2 Å². The largest absolute Gasteiger partial charge is 0.329 e. The number of hydrogen-bond acceptors (Lipinski definition) is 3. The number of nitrogens with zero attached hydrogens (tertiary/aromatic N) is 2. The molecular weight excluding hydrogens is 284 g/mol. The molecule has 5 heteroatoms. The van der Waals surface area contributed by atoms with Gasteiger partial charge in [-0.15, -0.1) is 0 Å². The van der Waals surface area contributed by atoms with E-state index in [4.69, 9.17) is 0 Å². The lowest BCUT2D eigenvalue weighted by molar-refractivity contribution is -0.162. The Morgan fingerprint density at radius 2 is 1.86 bits per heavy atom. The lowest BCUT2D eigenvalue weighted by Gasteiger charge is -2.48. The Labute approximate surface area is 131 Å². The number of carbonyl (C=O) groups is 2. The van der Waals surface area contributed by atoms with Gasteiger partial charge in [0.2, 0.25) is 11.8 Å². The number of carbonyl (C=O) groups excluding carboxylic acids is 2. The molecule has 1 aliphatic carbocycles. The Morgan fingerprint density at radius 1 is 1.10 bits per heavy atom. The molecule has 0 N–H and O–H groups in total. The summed E-state index contributed by atoms with van der Waals surface area (Å²) in [5.74, 6) is 0.426. The number of thioether (sulfide) groups is 1. The maximum absolute atomic E-state index is 13.0. The van der Waals surface area contributed by atoms with E-state index in [1.165, 1.54) is 19.3 Å². The fourth-order valence-corrected chi connectivity index (χ4v) is 5.34. The molecule has 2 heterocycles. The third-order valence-corrected chi connectivity index (χ3v) is 6.57. The summed E-state index contributed by atoms with van der Waals surface area (Å²) < 4.78 is 0. The fraction of sp³-hybridized carbons (Fsp3) is 0.875. The lowest BCUT2D eigenvalue weighted by atomic mass is 9.90. The molecule has 0 spiro atoms. The second-order valence-corrected chi connectivity index (χ2v) is 7.56. The Kier molecular flexibility index (Phi) is 4.48. The molecule has 0 aromatic rings. The number of piperazine rings is 1. The van der Waals surface area contributed by atoms with Crippen LogP contribution in [-0.4, -0.2) is 57.8 Å². The predicted molar refractivity (Wildman–Crippen MR) is 85.2 cm³/mol. The summed E-state index contributed by atoms with van der Waals surface area (Å²) in [6.07, 6.45) is 9.39. The molecule has 118 valence electrons. The standard InChI is InChI=1S/C16H26N2O2S/c1-3-11-15(19)17-10-6-8-13(17)16(20)18(11)12-7-4-5-9-14(12)21-2/h11-14H,3-10H2,1-2H3. The van der Waals surface area contributed by atoms with E-state index in [1.807, 2.05) is 28.5 Å². The number of fused-ring (bicyclic) bond motifs is 1. The third-order valence-electron chi connectivity index (χ3n) is 5.41. The first-order valence-electron chi connectivity index (χ1n) is 8.34. The molecule has 21 heavy (non-hydrogen) atoms. The minimum Gasteiger partial charge on any atom is -0.329 e. The molecule has 4 atom stereocenters. The Hall–Kier alpha value is -0.710. The van der Waals surface area contributed by atoms with Gasteiger partial charge in [0, 0.05) is 17.8 Å². The van der Waals surface area contributed by atoms with Gasteiger partial charge >= 0.3 is 0 Å². The summed E-state index contributed by atoms with van der Waals surface area (Å²) in [5, 5.41) is 0.498. The summed E-state index contributed by atoms with van der Waals surface area (Å²) in [7, 11) is 0. The van der Waals surface area contributed by atoms with Crippen LogP contribution in [0.1, 0.15) is 51.9 Å². The van der Waals surface area contributed by atoms with Gasteiger partial charge in [-0.1, -0.05) is 19.8 Å². The van der Waals surface area contributed by atoms with E-state index in [-0.39, 0.29) is 29.9 Å². The van der Waals surface area contributed by atoms with E-state index in [0.29, 0.717) is 5.25 Å². The second kappa shape index (κ2) is 6.19. The average molecular weight is 310 g/mol. The molecule has 0 aromatic heterocycles. The van der Waals surface area contributed by atoms with E-state index >= 15 is 0 Å². The van der Waals surface area contributed by atoms with Crippen molar-refractivity contribution in [3.8, 4) is 0 Å². The van der Waals surface area contributed by atoms with Crippen molar-refractivity contribution >= 4 is 23.6 Å². The first-order chi connectivity index (χ1) is 10.2. The minimum absolute atomic E-state index is 0.162. The van der Waals surface area contributed by atoms with Crippen LogP contribution in [0.25, 0.3) is 0 Å². The van der Waals surface area contributed by atoms with Crippen molar-refractivity contribution < 1.29 is 9.59 Å². The zero-order valence-electron chi connectivity index (χ0n) is 13.1. The summed E-state index contributed by atoms with van der Waals surface area (Å²) in [6, 6.07) is -0.118. The van der Waals surface area contributed by atoms with Crippen molar-refractivity contribution in [3.05, 3.63) is 0 Å². The van der Waals surface area contributed by atoms with E-state index in [2.05, 4.69) is 6.26 Å². The summed E-state index contributed by atoms with van der Waals surface area (Å²) in [6.45, 7) is 2.81. The average Bonchev–Trinajstić information content (AvgIpc) is 3.00. The molecule has 3 fully saturated rings. The van der Waals surface area contributed by atoms with Gasteiger partial charge in [-0.25, -0.2) is 0 Å². The van der Waals surface area contributed by atoms with Crippen LogP contribution < -0.4 is 0 Å². The van der Waals surface area contributed by atoms with Crippen LogP contribution in [0.3, 0.4) is 0 Å². The van der Waals surface area contributed by atoms with Gasteiger partial charge in [-0.2, -0.15) is 11.8 Å². The van der Waals surface area contributed by atoms with Gasteiger partial charge in [0.25, 0.3) is 0 Å². The maximum atomic E-state index is 13.0. The molecule has 0 radical (unpaired) electrons. The van der Waals surface area contributed by atoms with E-state index < -0.39 is 0 Å². The number of amides is 2. The molecule has 2 saturated heterocycles. The molecule has 1 saturated carbocycles. The van der Waals surface area contributed by atoms with Crippen molar-refractivity contribution in [3.63, 3.8) is 0 Å². The normalized spacial score (nSPS) is 37.0. The summed E-state index contributed by atoms with van der Waals surface area (Å²) in [4.78, 5) is 29.6. The van der Waals surface area contributed by atoms with Crippen LogP contribution in [0.2, 0.25) is 0 Å². The highest BCUT2D eigenvalue weighted by Crippen LogP contribution is 2.36. The quantitative estimate of drug-likeness (QED) is 0.803.